The third kappa shape index (κ3) is 5.74. The zero-order valence-corrected chi connectivity index (χ0v) is 19.1. The lowest BCUT2D eigenvalue weighted by molar-refractivity contribution is 0.102. The molecule has 0 saturated heterocycles. The van der Waals surface area contributed by atoms with Crippen molar-refractivity contribution in [3.05, 3.63) is 115 Å². The maximum absolute atomic E-state index is 12.8. The minimum absolute atomic E-state index is 0.0143. The molecule has 34 heavy (non-hydrogen) atoms. The number of nitrogens with two attached hydrogens (primary N) is 1. The standard InChI is InChI=1S/C26H24N4O3S/c27-25(20-9-11-21(12-10-20)26(31)30-23-13-15-28-16-14-23)18-29-34(32,33)24-8-4-7-22(17-24)19-5-2-1-3-6-19/h1-17,25,29H,18,27H2,(H,28,30,31). The number of aromatic nitrogens is 1. The van der Waals surface area contributed by atoms with Gasteiger partial charge in [0.15, 0.2) is 0 Å². The van der Waals surface area contributed by atoms with E-state index in [4.69, 9.17) is 5.73 Å². The molecule has 8 heteroatoms. The van der Waals surface area contributed by atoms with Gasteiger partial charge >= 0.3 is 0 Å². The van der Waals surface area contributed by atoms with Crippen molar-refractivity contribution in [2.75, 3.05) is 11.9 Å². The normalized spacial score (nSPS) is 12.1. The summed E-state index contributed by atoms with van der Waals surface area (Å²) in [5.74, 6) is -0.259. The van der Waals surface area contributed by atoms with E-state index in [0.717, 1.165) is 11.1 Å². The molecule has 0 spiro atoms. The zero-order valence-electron chi connectivity index (χ0n) is 18.3. The molecule has 0 aliphatic carbocycles. The van der Waals surface area contributed by atoms with Crippen molar-refractivity contribution < 1.29 is 13.2 Å². The van der Waals surface area contributed by atoms with Crippen LogP contribution in [-0.2, 0) is 10.0 Å². The average Bonchev–Trinajstić information content (AvgIpc) is 2.88. The molecule has 0 radical (unpaired) electrons. The number of rotatable bonds is 8. The molecule has 4 rings (SSSR count). The van der Waals surface area contributed by atoms with Crippen molar-refractivity contribution >= 4 is 21.6 Å². The van der Waals surface area contributed by atoms with E-state index in [-0.39, 0.29) is 17.3 Å². The van der Waals surface area contributed by atoms with Crippen LogP contribution < -0.4 is 15.8 Å². The summed E-state index contributed by atoms with van der Waals surface area (Å²) in [6.45, 7) is 0.0143. The third-order valence-corrected chi connectivity index (χ3v) is 6.71. The first-order valence-electron chi connectivity index (χ1n) is 10.6. The second-order valence-electron chi connectivity index (χ2n) is 7.66. The molecule has 0 fully saturated rings. The number of nitrogens with one attached hydrogen (secondary N) is 2. The van der Waals surface area contributed by atoms with Gasteiger partial charge in [-0.2, -0.15) is 0 Å². The van der Waals surface area contributed by atoms with E-state index in [1.165, 1.54) is 0 Å². The first-order valence-corrected chi connectivity index (χ1v) is 12.1. The quantitative estimate of drug-likeness (QED) is 0.359. The highest BCUT2D eigenvalue weighted by atomic mass is 32.2. The summed E-state index contributed by atoms with van der Waals surface area (Å²) >= 11 is 0. The van der Waals surface area contributed by atoms with Crippen molar-refractivity contribution in [1.82, 2.24) is 9.71 Å². The predicted molar refractivity (Wildman–Crippen MR) is 133 cm³/mol. The van der Waals surface area contributed by atoms with Crippen LogP contribution >= 0.6 is 0 Å². The van der Waals surface area contributed by atoms with Gasteiger partial charge in [-0.3, -0.25) is 9.78 Å². The summed E-state index contributed by atoms with van der Waals surface area (Å²) in [4.78, 5) is 16.5. The van der Waals surface area contributed by atoms with E-state index >= 15 is 0 Å². The zero-order chi connectivity index (χ0) is 24.0. The number of amides is 1. The summed E-state index contributed by atoms with van der Waals surface area (Å²) in [5, 5.41) is 2.78. The Balaban J connectivity index is 1.39. The molecule has 4 N–H and O–H groups in total. The summed E-state index contributed by atoms with van der Waals surface area (Å²) < 4.78 is 28.3. The lowest BCUT2D eigenvalue weighted by atomic mass is 10.1. The highest BCUT2D eigenvalue weighted by Crippen LogP contribution is 2.22. The molecule has 4 aromatic rings. The Morgan fingerprint density at radius 2 is 1.53 bits per heavy atom. The number of carbonyl (C=O) groups excluding carboxylic acids is 1. The van der Waals surface area contributed by atoms with E-state index in [2.05, 4.69) is 15.0 Å². The van der Waals surface area contributed by atoms with Gasteiger partial charge in [0.05, 0.1) is 4.90 Å². The van der Waals surface area contributed by atoms with Gasteiger partial charge in [-0.1, -0.05) is 54.6 Å². The van der Waals surface area contributed by atoms with Gasteiger partial charge in [-0.25, -0.2) is 13.1 Å². The highest BCUT2D eigenvalue weighted by molar-refractivity contribution is 7.89. The molecular formula is C26H24N4O3S. The monoisotopic (exact) mass is 472 g/mol. The number of pyridine rings is 1. The number of hydrogen-bond donors (Lipinski definition) is 3. The van der Waals surface area contributed by atoms with E-state index in [9.17, 15) is 13.2 Å². The van der Waals surface area contributed by atoms with E-state index in [1.807, 2.05) is 36.4 Å². The van der Waals surface area contributed by atoms with Crippen LogP contribution in [0.15, 0.2) is 108 Å². The van der Waals surface area contributed by atoms with Gasteiger partial charge < -0.3 is 11.1 Å². The maximum atomic E-state index is 12.8. The minimum Gasteiger partial charge on any atom is -0.323 e. The molecule has 0 aliphatic rings. The largest absolute Gasteiger partial charge is 0.323 e. The Morgan fingerprint density at radius 1 is 0.853 bits per heavy atom. The lowest BCUT2D eigenvalue weighted by Gasteiger charge is -2.15. The van der Waals surface area contributed by atoms with Crippen molar-refractivity contribution in [2.24, 2.45) is 5.73 Å². The van der Waals surface area contributed by atoms with Crippen LogP contribution in [0.25, 0.3) is 11.1 Å². The van der Waals surface area contributed by atoms with Gasteiger partial charge in [-0.05, 0) is 53.1 Å². The first-order chi connectivity index (χ1) is 16.4. The summed E-state index contributed by atoms with van der Waals surface area (Å²) in [6.07, 6.45) is 3.19. The summed E-state index contributed by atoms with van der Waals surface area (Å²) in [5.41, 5.74) is 9.78. The maximum Gasteiger partial charge on any atom is 0.255 e. The Bertz CT molecular complexity index is 1360. The van der Waals surface area contributed by atoms with Crippen molar-refractivity contribution in [3.8, 4) is 11.1 Å². The molecule has 0 bridgehead atoms. The number of benzene rings is 3. The Labute approximate surface area is 198 Å². The number of nitrogens with zero attached hydrogens (tertiary/aromatic N) is 1. The van der Waals surface area contributed by atoms with Gasteiger partial charge in [0.1, 0.15) is 0 Å². The van der Waals surface area contributed by atoms with E-state index in [0.29, 0.717) is 16.8 Å². The van der Waals surface area contributed by atoms with E-state index < -0.39 is 16.1 Å². The van der Waals surface area contributed by atoms with Gasteiger partial charge in [-0.15, -0.1) is 0 Å². The molecule has 1 aromatic heterocycles. The highest BCUT2D eigenvalue weighted by Gasteiger charge is 2.17. The molecule has 1 heterocycles. The average molecular weight is 473 g/mol. The fraction of sp³-hybridized carbons (Fsp3) is 0.0769. The molecule has 1 amide bonds. The molecule has 3 aromatic carbocycles. The lowest BCUT2D eigenvalue weighted by Crippen LogP contribution is -2.32. The Hall–Kier alpha value is -3.85. The molecule has 0 aliphatic heterocycles. The second kappa shape index (κ2) is 10.4. The fourth-order valence-electron chi connectivity index (χ4n) is 3.39. The molecule has 7 nitrogen and oxygen atoms in total. The Morgan fingerprint density at radius 3 is 2.24 bits per heavy atom. The smallest absolute Gasteiger partial charge is 0.255 e. The van der Waals surface area contributed by atoms with Crippen molar-refractivity contribution in [1.29, 1.82) is 0 Å². The van der Waals surface area contributed by atoms with Gasteiger partial charge in [0, 0.05) is 36.2 Å². The topological polar surface area (TPSA) is 114 Å². The van der Waals surface area contributed by atoms with Crippen LogP contribution in [0.4, 0.5) is 5.69 Å². The van der Waals surface area contributed by atoms with Crippen LogP contribution in [0.5, 0.6) is 0 Å². The van der Waals surface area contributed by atoms with E-state index in [1.54, 1.807) is 67.0 Å². The third-order valence-electron chi connectivity index (χ3n) is 5.28. The number of hydrogen-bond acceptors (Lipinski definition) is 5. The Kier molecular flexibility index (Phi) is 7.12. The van der Waals surface area contributed by atoms with Crippen LogP contribution in [-0.4, -0.2) is 25.9 Å². The SMILES string of the molecule is NC(CNS(=O)(=O)c1cccc(-c2ccccc2)c1)c1ccc(C(=O)Nc2ccncc2)cc1. The molecular weight excluding hydrogens is 448 g/mol. The van der Waals surface area contributed by atoms with Crippen molar-refractivity contribution in [3.63, 3.8) is 0 Å². The van der Waals surface area contributed by atoms with Crippen LogP contribution in [0.2, 0.25) is 0 Å². The number of carbonyl (C=O) groups is 1. The summed E-state index contributed by atoms with van der Waals surface area (Å²) in [6, 6.07) is 25.9. The minimum atomic E-state index is -3.75. The van der Waals surface area contributed by atoms with Crippen LogP contribution in [0, 0.1) is 0 Å². The van der Waals surface area contributed by atoms with Crippen molar-refractivity contribution in [2.45, 2.75) is 10.9 Å². The first kappa shape index (κ1) is 23.3. The number of sulfonamides is 1. The van der Waals surface area contributed by atoms with Crippen LogP contribution in [0.1, 0.15) is 22.0 Å². The van der Waals surface area contributed by atoms with Gasteiger partial charge in [0.25, 0.3) is 5.91 Å². The second-order valence-corrected chi connectivity index (χ2v) is 9.43. The molecule has 1 atom stereocenters. The fourth-order valence-corrected chi connectivity index (χ4v) is 4.50. The summed E-state index contributed by atoms with van der Waals surface area (Å²) in [7, 11) is -3.75. The van der Waals surface area contributed by atoms with Crippen LogP contribution in [0.3, 0.4) is 0 Å². The molecule has 1 unspecified atom stereocenters. The van der Waals surface area contributed by atoms with Gasteiger partial charge in [0.2, 0.25) is 10.0 Å². The predicted octanol–water partition coefficient (Wildman–Crippen LogP) is 3.98. The number of anilines is 1. The molecule has 172 valence electrons. The molecule has 0 saturated carbocycles.